The van der Waals surface area contributed by atoms with E-state index in [4.69, 9.17) is 11.6 Å². The molecule has 0 aromatic carbocycles. The standard InChI is InChI=1S/C7H8ClF2N3/c8-5-1-2-7(13-12-5)11-4-3-6(9)10/h1-2,6H,3-4H2,(H,11,13). The molecule has 0 aliphatic carbocycles. The van der Waals surface area contributed by atoms with Crippen LogP contribution >= 0.6 is 11.6 Å². The van der Waals surface area contributed by atoms with Gasteiger partial charge in [0.25, 0.3) is 0 Å². The number of rotatable bonds is 4. The molecule has 72 valence electrons. The fraction of sp³-hybridized carbons (Fsp3) is 0.429. The van der Waals surface area contributed by atoms with Gasteiger partial charge >= 0.3 is 0 Å². The molecule has 0 aliphatic heterocycles. The third-order valence-electron chi connectivity index (χ3n) is 1.30. The molecule has 0 unspecified atom stereocenters. The van der Waals surface area contributed by atoms with Gasteiger partial charge in [-0.25, -0.2) is 8.78 Å². The van der Waals surface area contributed by atoms with E-state index in [0.29, 0.717) is 5.82 Å². The average Bonchev–Trinajstić information content (AvgIpc) is 2.08. The molecule has 0 spiro atoms. The number of hydrogen-bond acceptors (Lipinski definition) is 3. The summed E-state index contributed by atoms with van der Waals surface area (Å²) in [7, 11) is 0. The quantitative estimate of drug-likeness (QED) is 0.823. The summed E-state index contributed by atoms with van der Waals surface area (Å²) in [5.74, 6) is 0.449. The van der Waals surface area contributed by atoms with E-state index in [1.165, 1.54) is 0 Å². The van der Waals surface area contributed by atoms with E-state index < -0.39 is 6.43 Å². The Labute approximate surface area is 79.1 Å². The Morgan fingerprint density at radius 1 is 1.38 bits per heavy atom. The number of hydrogen-bond donors (Lipinski definition) is 1. The van der Waals surface area contributed by atoms with Crippen LogP contribution in [0.2, 0.25) is 5.15 Å². The first-order valence-corrected chi connectivity index (χ1v) is 4.07. The fourth-order valence-corrected chi connectivity index (χ4v) is 0.820. The fourth-order valence-electron chi connectivity index (χ4n) is 0.720. The number of nitrogens with one attached hydrogen (secondary N) is 1. The van der Waals surface area contributed by atoms with Gasteiger partial charge in [0.05, 0.1) is 0 Å². The van der Waals surface area contributed by atoms with Gasteiger partial charge in [0.15, 0.2) is 5.15 Å². The zero-order valence-corrected chi connectivity index (χ0v) is 7.43. The second-order valence-corrected chi connectivity index (χ2v) is 2.74. The number of alkyl halides is 2. The van der Waals surface area contributed by atoms with Crippen molar-refractivity contribution in [3.8, 4) is 0 Å². The molecule has 0 atom stereocenters. The first-order valence-electron chi connectivity index (χ1n) is 3.70. The maximum absolute atomic E-state index is 11.7. The van der Waals surface area contributed by atoms with E-state index in [0.717, 1.165) is 0 Å². The highest BCUT2D eigenvalue weighted by atomic mass is 35.5. The van der Waals surface area contributed by atoms with Crippen LogP contribution in [0.15, 0.2) is 12.1 Å². The number of halogens is 3. The van der Waals surface area contributed by atoms with Crippen molar-refractivity contribution in [3.63, 3.8) is 0 Å². The topological polar surface area (TPSA) is 37.8 Å². The molecule has 13 heavy (non-hydrogen) atoms. The van der Waals surface area contributed by atoms with Gasteiger partial charge in [-0.1, -0.05) is 11.6 Å². The summed E-state index contributed by atoms with van der Waals surface area (Å²) in [5, 5.41) is 10.1. The lowest BCUT2D eigenvalue weighted by Crippen LogP contribution is -2.07. The first-order chi connectivity index (χ1) is 6.18. The van der Waals surface area contributed by atoms with Crippen LogP contribution < -0.4 is 5.32 Å². The molecule has 0 fully saturated rings. The largest absolute Gasteiger partial charge is 0.368 e. The Kier molecular flexibility index (Phi) is 3.82. The van der Waals surface area contributed by atoms with Crippen LogP contribution in [-0.4, -0.2) is 23.2 Å². The highest BCUT2D eigenvalue weighted by molar-refractivity contribution is 6.29. The monoisotopic (exact) mass is 207 g/mol. The smallest absolute Gasteiger partial charge is 0.240 e. The molecule has 0 amide bonds. The van der Waals surface area contributed by atoms with Gasteiger partial charge in [-0.3, -0.25) is 0 Å². The molecule has 1 aromatic rings. The van der Waals surface area contributed by atoms with Gasteiger partial charge in [0.1, 0.15) is 5.82 Å². The summed E-state index contributed by atoms with van der Waals surface area (Å²) < 4.78 is 23.4. The minimum absolute atomic E-state index is 0.175. The highest BCUT2D eigenvalue weighted by Gasteiger charge is 2.01. The third kappa shape index (κ3) is 3.98. The van der Waals surface area contributed by atoms with Crippen molar-refractivity contribution < 1.29 is 8.78 Å². The van der Waals surface area contributed by atoms with E-state index in [-0.39, 0.29) is 18.1 Å². The van der Waals surface area contributed by atoms with Gasteiger partial charge in [-0.2, -0.15) is 0 Å². The second kappa shape index (κ2) is 4.91. The minimum Gasteiger partial charge on any atom is -0.368 e. The van der Waals surface area contributed by atoms with Crippen LogP contribution in [0.1, 0.15) is 6.42 Å². The minimum atomic E-state index is -2.30. The number of anilines is 1. The van der Waals surface area contributed by atoms with Crippen LogP contribution in [0.5, 0.6) is 0 Å². The van der Waals surface area contributed by atoms with E-state index >= 15 is 0 Å². The molecular formula is C7H8ClF2N3. The summed E-state index contributed by atoms with van der Waals surface area (Å²) in [6.45, 7) is 0.175. The van der Waals surface area contributed by atoms with Crippen molar-refractivity contribution in [2.45, 2.75) is 12.8 Å². The molecule has 0 saturated heterocycles. The summed E-state index contributed by atoms with van der Waals surface area (Å²) in [5.41, 5.74) is 0. The Morgan fingerprint density at radius 2 is 2.15 bits per heavy atom. The van der Waals surface area contributed by atoms with Crippen molar-refractivity contribution in [3.05, 3.63) is 17.3 Å². The summed E-state index contributed by atoms with van der Waals surface area (Å²) in [6, 6.07) is 3.13. The predicted octanol–water partition coefficient (Wildman–Crippen LogP) is 2.20. The third-order valence-corrected chi connectivity index (χ3v) is 1.50. The average molecular weight is 208 g/mol. The van der Waals surface area contributed by atoms with Gasteiger partial charge in [0.2, 0.25) is 6.43 Å². The summed E-state index contributed by atoms with van der Waals surface area (Å²) in [6.07, 6.45) is -2.50. The van der Waals surface area contributed by atoms with Crippen molar-refractivity contribution in [1.82, 2.24) is 10.2 Å². The van der Waals surface area contributed by atoms with Crippen molar-refractivity contribution in [1.29, 1.82) is 0 Å². The summed E-state index contributed by atoms with van der Waals surface area (Å²) in [4.78, 5) is 0. The molecule has 1 N–H and O–H groups in total. The predicted molar refractivity (Wildman–Crippen MR) is 46.2 cm³/mol. The Hall–Kier alpha value is -0.970. The van der Waals surface area contributed by atoms with Crippen molar-refractivity contribution in [2.24, 2.45) is 0 Å². The molecule has 1 aromatic heterocycles. The normalized spacial score (nSPS) is 10.5. The zero-order chi connectivity index (χ0) is 9.68. The van der Waals surface area contributed by atoms with Crippen molar-refractivity contribution >= 4 is 17.4 Å². The van der Waals surface area contributed by atoms with Crippen LogP contribution in [0, 0.1) is 0 Å². The van der Waals surface area contributed by atoms with E-state index in [1.54, 1.807) is 12.1 Å². The SMILES string of the molecule is FC(F)CCNc1ccc(Cl)nn1. The molecular weight excluding hydrogens is 200 g/mol. The Morgan fingerprint density at radius 3 is 2.69 bits per heavy atom. The molecule has 1 heterocycles. The lowest BCUT2D eigenvalue weighted by Gasteiger charge is -2.03. The lowest BCUT2D eigenvalue weighted by atomic mass is 10.4. The van der Waals surface area contributed by atoms with Gasteiger partial charge in [-0.15, -0.1) is 10.2 Å². The van der Waals surface area contributed by atoms with Crippen LogP contribution in [0.3, 0.4) is 0 Å². The summed E-state index contributed by atoms with van der Waals surface area (Å²) >= 11 is 5.47. The maximum atomic E-state index is 11.7. The first kappa shape index (κ1) is 10.1. The lowest BCUT2D eigenvalue weighted by molar-refractivity contribution is 0.142. The molecule has 0 radical (unpaired) electrons. The Bertz CT molecular complexity index is 252. The molecule has 0 bridgehead atoms. The molecule has 0 saturated carbocycles. The number of nitrogens with zero attached hydrogens (tertiary/aromatic N) is 2. The highest BCUT2D eigenvalue weighted by Crippen LogP contribution is 2.06. The van der Waals surface area contributed by atoms with Gasteiger partial charge in [0, 0.05) is 13.0 Å². The van der Waals surface area contributed by atoms with Gasteiger partial charge < -0.3 is 5.32 Å². The van der Waals surface area contributed by atoms with E-state index in [2.05, 4.69) is 15.5 Å². The molecule has 6 heteroatoms. The van der Waals surface area contributed by atoms with Crippen LogP contribution in [0.4, 0.5) is 14.6 Å². The van der Waals surface area contributed by atoms with E-state index in [9.17, 15) is 8.78 Å². The Balaban J connectivity index is 2.33. The van der Waals surface area contributed by atoms with Crippen molar-refractivity contribution in [2.75, 3.05) is 11.9 Å². The molecule has 1 rings (SSSR count). The van der Waals surface area contributed by atoms with Crippen LogP contribution in [0.25, 0.3) is 0 Å². The maximum Gasteiger partial charge on any atom is 0.240 e. The van der Waals surface area contributed by atoms with E-state index in [1.807, 2.05) is 0 Å². The molecule has 3 nitrogen and oxygen atoms in total. The molecule has 0 aliphatic rings. The zero-order valence-electron chi connectivity index (χ0n) is 6.67. The van der Waals surface area contributed by atoms with Crippen LogP contribution in [-0.2, 0) is 0 Å². The second-order valence-electron chi connectivity index (χ2n) is 2.35. The van der Waals surface area contributed by atoms with Gasteiger partial charge in [-0.05, 0) is 12.1 Å². The number of aromatic nitrogens is 2.